The van der Waals surface area contributed by atoms with Gasteiger partial charge in [-0.1, -0.05) is 32.3 Å². The fourth-order valence-corrected chi connectivity index (χ4v) is 1.51. The molecule has 0 rings (SSSR count). The second-order valence-corrected chi connectivity index (χ2v) is 4.28. The topological polar surface area (TPSA) is 20.2 Å². The van der Waals surface area contributed by atoms with Gasteiger partial charge >= 0.3 is 0 Å². The highest BCUT2D eigenvalue weighted by molar-refractivity contribution is 7.81. The van der Waals surface area contributed by atoms with Gasteiger partial charge in [-0.25, -0.2) is 0 Å². The van der Waals surface area contributed by atoms with Crippen LogP contribution in [0.3, 0.4) is 0 Å². The lowest BCUT2D eigenvalue weighted by Crippen LogP contribution is -2.25. The van der Waals surface area contributed by atoms with Gasteiger partial charge in [-0.05, 0) is 12.8 Å². The highest BCUT2D eigenvalue weighted by Gasteiger charge is 2.21. The van der Waals surface area contributed by atoms with Gasteiger partial charge in [-0.2, -0.15) is 12.6 Å². The summed E-state index contributed by atoms with van der Waals surface area (Å²) >= 11 is 4.45. The van der Waals surface area contributed by atoms with Crippen LogP contribution in [0.2, 0.25) is 0 Å². The van der Waals surface area contributed by atoms with Crippen molar-refractivity contribution in [3.8, 4) is 0 Å². The smallest absolute Gasteiger partial charge is 0.0578 e. The van der Waals surface area contributed by atoms with Crippen LogP contribution in [0.4, 0.5) is 0 Å². The van der Waals surface area contributed by atoms with Crippen LogP contribution in [0.15, 0.2) is 12.7 Å². The summed E-state index contributed by atoms with van der Waals surface area (Å²) in [6, 6.07) is 0. The Bertz CT molecular complexity index is 125. The second kappa shape index (κ2) is 6.55. The van der Waals surface area contributed by atoms with Crippen molar-refractivity contribution in [2.75, 3.05) is 6.61 Å². The van der Waals surface area contributed by atoms with Crippen LogP contribution in [-0.2, 0) is 0 Å². The number of aliphatic hydroxyl groups excluding tert-OH is 1. The van der Waals surface area contributed by atoms with E-state index in [0.29, 0.717) is 0 Å². The van der Waals surface area contributed by atoms with Crippen LogP contribution in [-0.4, -0.2) is 16.5 Å². The molecule has 0 aromatic heterocycles. The van der Waals surface area contributed by atoms with E-state index >= 15 is 0 Å². The summed E-state index contributed by atoms with van der Waals surface area (Å²) in [6.07, 6.45) is 7.18. The number of hydrogen-bond donors (Lipinski definition) is 2. The number of rotatable bonds is 7. The molecule has 0 fully saturated rings. The van der Waals surface area contributed by atoms with Crippen LogP contribution in [0.25, 0.3) is 0 Å². The molecule has 0 amide bonds. The molecule has 1 unspecified atom stereocenters. The molecule has 0 aliphatic heterocycles. The van der Waals surface area contributed by atoms with Crippen molar-refractivity contribution in [1.29, 1.82) is 0 Å². The summed E-state index contributed by atoms with van der Waals surface area (Å²) in [5, 5.41) is 9.09. The van der Waals surface area contributed by atoms with Crippen molar-refractivity contribution in [1.82, 2.24) is 0 Å². The Morgan fingerprint density at radius 1 is 1.50 bits per heavy atom. The molecule has 1 atom stereocenters. The molecule has 1 nitrogen and oxygen atoms in total. The Balaban J connectivity index is 3.70. The molecule has 0 saturated carbocycles. The molecule has 0 spiro atoms. The first-order chi connectivity index (χ1) is 5.68. The van der Waals surface area contributed by atoms with Crippen molar-refractivity contribution in [3.05, 3.63) is 12.7 Å². The number of allylic oxidation sites excluding steroid dienone is 1. The average Bonchev–Trinajstić information content (AvgIpc) is 2.06. The van der Waals surface area contributed by atoms with Crippen LogP contribution in [0.5, 0.6) is 0 Å². The van der Waals surface area contributed by atoms with Gasteiger partial charge in [0.1, 0.15) is 0 Å². The molecule has 0 aliphatic rings. The molecule has 0 saturated heterocycles. The minimum Gasteiger partial charge on any atom is -0.395 e. The Labute approximate surface area is 81.3 Å². The van der Waals surface area contributed by atoms with Gasteiger partial charge in [0.05, 0.1) is 6.61 Å². The predicted molar refractivity (Wildman–Crippen MR) is 57.8 cm³/mol. The van der Waals surface area contributed by atoms with Gasteiger partial charge in [-0.15, -0.1) is 6.58 Å². The van der Waals surface area contributed by atoms with E-state index in [4.69, 9.17) is 5.11 Å². The lowest BCUT2D eigenvalue weighted by atomic mass is 9.97. The highest BCUT2D eigenvalue weighted by Crippen LogP contribution is 2.26. The molecule has 0 bridgehead atoms. The summed E-state index contributed by atoms with van der Waals surface area (Å²) < 4.78 is -0.225. The van der Waals surface area contributed by atoms with E-state index in [9.17, 15) is 0 Å². The van der Waals surface area contributed by atoms with E-state index in [-0.39, 0.29) is 11.4 Å². The minimum atomic E-state index is -0.225. The third kappa shape index (κ3) is 4.83. The number of unbranched alkanes of at least 4 members (excludes halogenated alkanes) is 2. The summed E-state index contributed by atoms with van der Waals surface area (Å²) in [5.41, 5.74) is 0. The van der Waals surface area contributed by atoms with Crippen molar-refractivity contribution in [3.63, 3.8) is 0 Å². The fraction of sp³-hybridized carbons (Fsp3) is 0.800. The molecule has 2 heteroatoms. The van der Waals surface area contributed by atoms with Crippen molar-refractivity contribution in [2.24, 2.45) is 0 Å². The van der Waals surface area contributed by atoms with Crippen molar-refractivity contribution < 1.29 is 5.11 Å². The maximum Gasteiger partial charge on any atom is 0.0578 e. The van der Waals surface area contributed by atoms with Gasteiger partial charge in [0.25, 0.3) is 0 Å². The standard InChI is InChI=1S/C10H20OS/c1-3-5-6-8-10(12,9-11)7-4-2/h4,11-12H,2-3,5-9H2,1H3. The second-order valence-electron chi connectivity index (χ2n) is 3.33. The molecule has 0 radical (unpaired) electrons. The van der Waals surface area contributed by atoms with Crippen LogP contribution < -0.4 is 0 Å². The highest BCUT2D eigenvalue weighted by atomic mass is 32.1. The number of thiol groups is 1. The van der Waals surface area contributed by atoms with Gasteiger partial charge in [0, 0.05) is 4.75 Å². The average molecular weight is 188 g/mol. The lowest BCUT2D eigenvalue weighted by Gasteiger charge is -2.24. The van der Waals surface area contributed by atoms with Gasteiger partial charge in [0.2, 0.25) is 0 Å². The van der Waals surface area contributed by atoms with Crippen LogP contribution in [0, 0.1) is 0 Å². The summed E-state index contributed by atoms with van der Waals surface area (Å²) in [4.78, 5) is 0. The van der Waals surface area contributed by atoms with E-state index in [1.807, 2.05) is 6.08 Å². The maximum absolute atomic E-state index is 9.09. The zero-order valence-electron chi connectivity index (χ0n) is 7.92. The Morgan fingerprint density at radius 3 is 2.58 bits per heavy atom. The van der Waals surface area contributed by atoms with E-state index in [1.54, 1.807) is 0 Å². The minimum absolute atomic E-state index is 0.145. The van der Waals surface area contributed by atoms with Gasteiger partial charge in [0.15, 0.2) is 0 Å². The Hall–Kier alpha value is 0.0500. The lowest BCUT2D eigenvalue weighted by molar-refractivity contribution is 0.239. The predicted octanol–water partition coefficient (Wildman–Crippen LogP) is 2.80. The number of hydrogen-bond acceptors (Lipinski definition) is 2. The van der Waals surface area contributed by atoms with E-state index in [0.717, 1.165) is 19.3 Å². The first kappa shape index (κ1) is 12.0. The zero-order valence-corrected chi connectivity index (χ0v) is 8.82. The third-order valence-corrected chi connectivity index (χ3v) is 2.61. The van der Waals surface area contributed by atoms with Crippen molar-refractivity contribution >= 4 is 12.6 Å². The number of aliphatic hydroxyl groups is 1. The summed E-state index contributed by atoms with van der Waals surface area (Å²) in [5.74, 6) is 0. The van der Waals surface area contributed by atoms with E-state index in [1.165, 1.54) is 12.8 Å². The monoisotopic (exact) mass is 188 g/mol. The zero-order chi connectivity index (χ0) is 9.45. The fourth-order valence-electron chi connectivity index (χ4n) is 1.22. The molecule has 72 valence electrons. The molecular weight excluding hydrogens is 168 g/mol. The van der Waals surface area contributed by atoms with Gasteiger partial charge in [-0.3, -0.25) is 0 Å². The SMILES string of the molecule is C=CCC(S)(CO)CCCCC. The molecule has 0 heterocycles. The first-order valence-electron chi connectivity index (χ1n) is 4.62. The largest absolute Gasteiger partial charge is 0.395 e. The Kier molecular flexibility index (Phi) is 6.58. The molecule has 12 heavy (non-hydrogen) atoms. The molecule has 0 aromatic rings. The van der Waals surface area contributed by atoms with Gasteiger partial charge < -0.3 is 5.11 Å². The van der Waals surface area contributed by atoms with Crippen LogP contribution in [0.1, 0.15) is 39.0 Å². The van der Waals surface area contributed by atoms with E-state index < -0.39 is 0 Å². The molecule has 0 aromatic carbocycles. The summed E-state index contributed by atoms with van der Waals surface area (Å²) in [6.45, 7) is 5.98. The van der Waals surface area contributed by atoms with E-state index in [2.05, 4.69) is 26.1 Å². The quantitative estimate of drug-likeness (QED) is 0.357. The summed E-state index contributed by atoms with van der Waals surface area (Å²) in [7, 11) is 0. The normalized spacial score (nSPS) is 15.6. The molecule has 0 aliphatic carbocycles. The third-order valence-electron chi connectivity index (χ3n) is 2.06. The molecular formula is C10H20OS. The molecule has 1 N–H and O–H groups in total. The Morgan fingerprint density at radius 2 is 2.17 bits per heavy atom. The first-order valence-corrected chi connectivity index (χ1v) is 5.07. The maximum atomic E-state index is 9.09. The van der Waals surface area contributed by atoms with Crippen LogP contribution >= 0.6 is 12.6 Å². The van der Waals surface area contributed by atoms with Crippen molar-refractivity contribution in [2.45, 2.75) is 43.8 Å².